The third-order valence-corrected chi connectivity index (χ3v) is 10.4. The predicted octanol–water partition coefficient (Wildman–Crippen LogP) is 8.60. The number of para-hydroxylation sites is 1. The molecule has 0 spiro atoms. The Labute approximate surface area is 266 Å². The Morgan fingerprint density at radius 3 is 2.00 bits per heavy atom. The van der Waals surface area contributed by atoms with Gasteiger partial charge < -0.3 is 9.74 Å². The molecule has 5 rings (SSSR count). The predicted molar refractivity (Wildman–Crippen MR) is 180 cm³/mol. The van der Waals surface area contributed by atoms with Crippen molar-refractivity contribution in [2.75, 3.05) is 5.32 Å². The zero-order valence-corrected chi connectivity index (χ0v) is 27.6. The van der Waals surface area contributed by atoms with E-state index in [1.54, 1.807) is 18.2 Å². The van der Waals surface area contributed by atoms with Crippen LogP contribution >= 0.6 is 39.1 Å². The number of fused-ring (bicyclic) bond motifs is 1. The Morgan fingerprint density at radius 1 is 0.881 bits per heavy atom. The lowest BCUT2D eigenvalue weighted by molar-refractivity contribution is 0.0903. The summed E-state index contributed by atoms with van der Waals surface area (Å²) in [5.41, 5.74) is 3.27. The fraction of sp³-hybridized carbons (Fsp3) is 0.176. The number of aromatic nitrogens is 1. The molecule has 1 radical (unpaired) electrons. The molecule has 42 heavy (non-hydrogen) atoms. The van der Waals surface area contributed by atoms with Crippen molar-refractivity contribution in [2.24, 2.45) is 5.41 Å². The summed E-state index contributed by atoms with van der Waals surface area (Å²) in [5, 5.41) is 7.43. The van der Waals surface area contributed by atoms with E-state index in [2.05, 4.69) is 90.5 Å². The lowest BCUT2D eigenvalue weighted by Crippen LogP contribution is -2.47. The topological polar surface area (TPSA) is 51.2 Å². The van der Waals surface area contributed by atoms with Gasteiger partial charge in [-0.05, 0) is 45.1 Å². The van der Waals surface area contributed by atoms with Crippen molar-refractivity contribution in [1.29, 1.82) is 0 Å². The van der Waals surface area contributed by atoms with Gasteiger partial charge in [0.05, 0.1) is 32.9 Å². The normalized spacial score (nSPS) is 12.5. The Kier molecular flexibility index (Phi) is 9.50. The number of benzene rings is 4. The maximum Gasteiger partial charge on any atom is 0.283 e. The second kappa shape index (κ2) is 13.1. The Morgan fingerprint density at radius 2 is 1.45 bits per heavy atom. The van der Waals surface area contributed by atoms with Crippen LogP contribution in [0.1, 0.15) is 48.4 Å². The number of carbonyl (C=O) groups excluding carboxylic acids is 1. The Hall–Kier alpha value is -3.00. The van der Waals surface area contributed by atoms with Crippen molar-refractivity contribution in [2.45, 2.75) is 32.2 Å². The van der Waals surface area contributed by atoms with Crippen molar-refractivity contribution in [3.63, 3.8) is 0 Å². The van der Waals surface area contributed by atoms with Crippen LogP contribution in [0.15, 0.2) is 103 Å². The molecule has 0 aliphatic rings. The summed E-state index contributed by atoms with van der Waals surface area (Å²) in [6.07, 6.45) is 1.58. The molecule has 1 N–H and O–H groups in total. The van der Waals surface area contributed by atoms with E-state index in [9.17, 15) is 4.79 Å². The number of alkyl halides is 1. The first-order chi connectivity index (χ1) is 20.2. The standard InChI is InChI=1S/C34H30BrCl2N2O2Si/c1-34(2,3)32(41-42(23-12-6-4-7-13-23)24-14-8-5-9-15-24)29-22(20-35)21-38-31-25(29)16-10-19-28(31)39-33(40)30-26(36)17-11-18-27(30)37/h4-19,21,32H,20H2,1-3H3,(H,39,40). The second-order valence-electron chi connectivity index (χ2n) is 11.0. The van der Waals surface area contributed by atoms with E-state index in [-0.39, 0.29) is 27.1 Å². The van der Waals surface area contributed by atoms with Crippen molar-refractivity contribution in [1.82, 2.24) is 4.98 Å². The maximum absolute atomic E-state index is 13.3. The van der Waals surface area contributed by atoms with E-state index in [0.29, 0.717) is 16.5 Å². The van der Waals surface area contributed by atoms with Gasteiger partial charge in [-0.15, -0.1) is 0 Å². The van der Waals surface area contributed by atoms with Crippen LogP contribution in [-0.2, 0) is 9.76 Å². The number of nitrogens with zero attached hydrogens (tertiary/aromatic N) is 1. The fourth-order valence-electron chi connectivity index (χ4n) is 4.97. The van der Waals surface area contributed by atoms with E-state index >= 15 is 0 Å². The zero-order chi connectivity index (χ0) is 29.9. The van der Waals surface area contributed by atoms with Gasteiger partial charge in [0.1, 0.15) is 0 Å². The number of hydrogen-bond donors (Lipinski definition) is 1. The molecule has 0 saturated heterocycles. The molecule has 0 saturated carbocycles. The number of amides is 1. The molecule has 0 fully saturated rings. The molecule has 4 nitrogen and oxygen atoms in total. The van der Waals surface area contributed by atoms with Crippen LogP contribution in [0.5, 0.6) is 0 Å². The monoisotopic (exact) mass is 675 g/mol. The van der Waals surface area contributed by atoms with Crippen LogP contribution in [0.25, 0.3) is 10.9 Å². The number of halogens is 3. The van der Waals surface area contributed by atoms with E-state index in [1.165, 1.54) is 10.4 Å². The molecule has 1 atom stereocenters. The van der Waals surface area contributed by atoms with Crippen LogP contribution < -0.4 is 15.7 Å². The summed E-state index contributed by atoms with van der Waals surface area (Å²) in [4.78, 5) is 18.1. The van der Waals surface area contributed by atoms with E-state index in [1.807, 2.05) is 36.5 Å². The van der Waals surface area contributed by atoms with Crippen molar-refractivity contribution < 1.29 is 9.22 Å². The van der Waals surface area contributed by atoms with Crippen LogP contribution in [0.3, 0.4) is 0 Å². The number of nitrogens with one attached hydrogen (secondary N) is 1. The minimum absolute atomic E-state index is 0.226. The second-order valence-corrected chi connectivity index (χ2v) is 14.4. The van der Waals surface area contributed by atoms with E-state index in [0.717, 1.165) is 16.5 Å². The van der Waals surface area contributed by atoms with Gasteiger partial charge in [0.15, 0.2) is 0 Å². The van der Waals surface area contributed by atoms with Crippen LogP contribution in [0.4, 0.5) is 5.69 Å². The molecule has 1 aromatic heterocycles. The van der Waals surface area contributed by atoms with Gasteiger partial charge in [-0.25, -0.2) is 0 Å². The smallest absolute Gasteiger partial charge is 0.283 e. The first-order valence-electron chi connectivity index (χ1n) is 13.5. The van der Waals surface area contributed by atoms with Gasteiger partial charge in [0.2, 0.25) is 0 Å². The molecular weight excluding hydrogens is 647 g/mol. The summed E-state index contributed by atoms with van der Waals surface area (Å²) >= 11 is 16.4. The van der Waals surface area contributed by atoms with Crippen molar-refractivity contribution in [3.8, 4) is 0 Å². The first-order valence-corrected chi connectivity index (χ1v) is 16.8. The molecule has 0 bridgehead atoms. The minimum atomic E-state index is -1.63. The lowest BCUT2D eigenvalue weighted by atomic mass is 9.82. The summed E-state index contributed by atoms with van der Waals surface area (Å²) in [6, 6.07) is 31.7. The molecule has 1 amide bonds. The molecular formula is C34H30BrCl2N2O2Si. The lowest BCUT2D eigenvalue weighted by Gasteiger charge is -2.36. The molecule has 0 aliphatic carbocycles. The molecule has 1 heterocycles. The van der Waals surface area contributed by atoms with Gasteiger partial charge >= 0.3 is 0 Å². The first kappa shape index (κ1) is 30.5. The summed E-state index contributed by atoms with van der Waals surface area (Å²) in [5.74, 6) is -0.395. The third-order valence-electron chi connectivity index (χ3n) is 6.96. The largest absolute Gasteiger partial charge is 0.400 e. The zero-order valence-electron chi connectivity index (χ0n) is 23.5. The summed E-state index contributed by atoms with van der Waals surface area (Å²) in [7, 11) is -1.63. The van der Waals surface area contributed by atoms with E-state index in [4.69, 9.17) is 32.6 Å². The van der Waals surface area contributed by atoms with Crippen molar-refractivity contribution in [3.05, 3.63) is 130 Å². The number of anilines is 1. The molecule has 4 aromatic carbocycles. The summed E-state index contributed by atoms with van der Waals surface area (Å²) < 4.78 is 7.28. The number of carbonyl (C=O) groups is 1. The highest BCUT2D eigenvalue weighted by molar-refractivity contribution is 9.08. The number of rotatable bonds is 8. The van der Waals surface area contributed by atoms with Gasteiger partial charge in [0, 0.05) is 16.9 Å². The Bertz CT molecular complexity index is 1650. The summed E-state index contributed by atoms with van der Waals surface area (Å²) in [6.45, 7) is 6.59. The van der Waals surface area contributed by atoms with Crippen LogP contribution in [-0.4, -0.2) is 19.9 Å². The fourth-order valence-corrected chi connectivity index (χ4v) is 8.29. The maximum atomic E-state index is 13.3. The molecule has 213 valence electrons. The van der Waals surface area contributed by atoms with Crippen molar-refractivity contribution >= 4 is 81.0 Å². The molecule has 1 unspecified atom stereocenters. The Balaban J connectivity index is 1.64. The highest BCUT2D eigenvalue weighted by atomic mass is 79.9. The number of hydrogen-bond acceptors (Lipinski definition) is 3. The third kappa shape index (κ3) is 6.48. The molecule has 8 heteroatoms. The SMILES string of the molecule is CC(C)(C)C(O[Si](c1ccccc1)c1ccccc1)c1c(CBr)cnc2c(NC(=O)c3c(Cl)cccc3Cl)cccc12. The quantitative estimate of drug-likeness (QED) is 0.132. The van der Waals surface area contributed by atoms with E-state index < -0.39 is 14.9 Å². The average molecular weight is 678 g/mol. The molecule has 0 aliphatic heterocycles. The van der Waals surface area contributed by atoms with Crippen LogP contribution in [0.2, 0.25) is 10.0 Å². The van der Waals surface area contributed by atoms with Gasteiger partial charge in [0.25, 0.3) is 14.9 Å². The van der Waals surface area contributed by atoms with Gasteiger partial charge in [-0.2, -0.15) is 0 Å². The highest BCUT2D eigenvalue weighted by Gasteiger charge is 2.35. The molecule has 5 aromatic rings. The van der Waals surface area contributed by atoms with Crippen LogP contribution in [0, 0.1) is 5.41 Å². The highest BCUT2D eigenvalue weighted by Crippen LogP contribution is 2.43. The minimum Gasteiger partial charge on any atom is -0.400 e. The average Bonchev–Trinajstić information content (AvgIpc) is 2.98. The number of pyridine rings is 1. The van der Waals surface area contributed by atoms with Gasteiger partial charge in [-0.3, -0.25) is 9.78 Å². The van der Waals surface area contributed by atoms with Gasteiger partial charge in [-0.1, -0.05) is 139 Å².